The monoisotopic (exact) mass is 235 g/mol. The molecule has 2 aromatic rings. The second kappa shape index (κ2) is 4.68. The van der Waals surface area contributed by atoms with Gasteiger partial charge in [0.15, 0.2) is 0 Å². The summed E-state index contributed by atoms with van der Waals surface area (Å²) in [7, 11) is 0. The molecular weight excluding hydrogens is 222 g/mol. The van der Waals surface area contributed by atoms with Gasteiger partial charge in [-0.2, -0.15) is 0 Å². The van der Waals surface area contributed by atoms with Crippen LogP contribution in [0, 0.1) is 0 Å². The van der Waals surface area contributed by atoms with E-state index in [-0.39, 0.29) is 0 Å². The van der Waals surface area contributed by atoms with Crippen LogP contribution in [0.1, 0.15) is 12.5 Å². The first-order valence-corrected chi connectivity index (χ1v) is 5.64. The summed E-state index contributed by atoms with van der Waals surface area (Å²) < 4.78 is 2.08. The van der Waals surface area contributed by atoms with Crippen molar-refractivity contribution in [3.05, 3.63) is 41.2 Å². The molecule has 1 aromatic heterocycles. The molecule has 0 fully saturated rings. The molecule has 2 N–H and O–H groups in total. The van der Waals surface area contributed by atoms with Crippen LogP contribution in [-0.2, 0) is 13.1 Å². The van der Waals surface area contributed by atoms with Gasteiger partial charge < -0.3 is 10.3 Å². The molecule has 16 heavy (non-hydrogen) atoms. The van der Waals surface area contributed by atoms with Crippen molar-refractivity contribution in [1.82, 2.24) is 9.55 Å². The van der Waals surface area contributed by atoms with Crippen molar-refractivity contribution in [3.63, 3.8) is 0 Å². The van der Waals surface area contributed by atoms with E-state index in [9.17, 15) is 0 Å². The average Bonchev–Trinajstić information content (AvgIpc) is 2.77. The first kappa shape index (κ1) is 11.2. The van der Waals surface area contributed by atoms with Crippen LogP contribution >= 0.6 is 11.6 Å². The summed E-state index contributed by atoms with van der Waals surface area (Å²) >= 11 is 6.12. The van der Waals surface area contributed by atoms with E-state index in [1.807, 2.05) is 24.4 Å². The molecule has 0 aliphatic carbocycles. The van der Waals surface area contributed by atoms with Crippen LogP contribution in [0.3, 0.4) is 0 Å². The van der Waals surface area contributed by atoms with Gasteiger partial charge in [-0.1, -0.05) is 23.7 Å². The van der Waals surface area contributed by atoms with Crippen molar-refractivity contribution < 1.29 is 0 Å². The molecule has 0 aliphatic rings. The highest BCUT2D eigenvalue weighted by molar-refractivity contribution is 6.31. The Balaban J connectivity index is 2.45. The quantitative estimate of drug-likeness (QED) is 0.889. The second-order valence-electron chi connectivity index (χ2n) is 3.55. The summed E-state index contributed by atoms with van der Waals surface area (Å²) in [6, 6.07) is 5.87. The molecule has 2 rings (SSSR count). The second-order valence-corrected chi connectivity index (χ2v) is 3.95. The van der Waals surface area contributed by atoms with Crippen molar-refractivity contribution >= 4 is 11.6 Å². The molecule has 3 nitrogen and oxygen atoms in total. The first-order valence-electron chi connectivity index (χ1n) is 5.26. The van der Waals surface area contributed by atoms with Crippen LogP contribution in [-0.4, -0.2) is 9.55 Å². The van der Waals surface area contributed by atoms with Crippen LogP contribution in [0.5, 0.6) is 0 Å². The number of hydrogen-bond acceptors (Lipinski definition) is 2. The van der Waals surface area contributed by atoms with Crippen LogP contribution in [0.15, 0.2) is 30.6 Å². The summed E-state index contributed by atoms with van der Waals surface area (Å²) in [6.45, 7) is 3.44. The maximum absolute atomic E-state index is 6.12. The lowest BCUT2D eigenvalue weighted by molar-refractivity contribution is 0.771. The molecule has 84 valence electrons. The number of aryl methyl sites for hydroxylation is 1. The Morgan fingerprint density at radius 3 is 2.88 bits per heavy atom. The highest BCUT2D eigenvalue weighted by Gasteiger charge is 2.07. The Kier molecular flexibility index (Phi) is 3.27. The Bertz CT molecular complexity index is 491. The fraction of sp³-hybridized carbons (Fsp3) is 0.250. The highest BCUT2D eigenvalue weighted by atomic mass is 35.5. The summed E-state index contributed by atoms with van der Waals surface area (Å²) in [4.78, 5) is 4.33. The van der Waals surface area contributed by atoms with Crippen molar-refractivity contribution in [3.8, 4) is 11.4 Å². The van der Waals surface area contributed by atoms with Crippen molar-refractivity contribution in [1.29, 1.82) is 0 Å². The fourth-order valence-corrected chi connectivity index (χ4v) is 1.93. The zero-order valence-corrected chi connectivity index (χ0v) is 9.91. The number of halogens is 1. The summed E-state index contributed by atoms with van der Waals surface area (Å²) in [5.41, 5.74) is 7.55. The highest BCUT2D eigenvalue weighted by Crippen LogP contribution is 2.24. The molecule has 0 saturated carbocycles. The predicted molar refractivity (Wildman–Crippen MR) is 66.2 cm³/mol. The zero-order chi connectivity index (χ0) is 11.5. The molecular formula is C12H14ClN3. The van der Waals surface area contributed by atoms with Gasteiger partial charge in [-0.15, -0.1) is 0 Å². The van der Waals surface area contributed by atoms with Crippen molar-refractivity contribution in [2.24, 2.45) is 5.73 Å². The maximum Gasteiger partial charge on any atom is 0.139 e. The summed E-state index contributed by atoms with van der Waals surface area (Å²) in [5.74, 6) is 0.938. The minimum atomic E-state index is 0.460. The van der Waals surface area contributed by atoms with E-state index in [0.29, 0.717) is 11.6 Å². The van der Waals surface area contributed by atoms with E-state index in [4.69, 9.17) is 17.3 Å². The van der Waals surface area contributed by atoms with Gasteiger partial charge in [-0.25, -0.2) is 4.98 Å². The van der Waals surface area contributed by atoms with E-state index in [1.165, 1.54) is 0 Å². The Hall–Kier alpha value is -1.32. The molecule has 0 radical (unpaired) electrons. The molecule has 1 aromatic carbocycles. The number of nitrogens with two attached hydrogens (primary N) is 1. The topological polar surface area (TPSA) is 43.8 Å². The Morgan fingerprint density at radius 1 is 1.44 bits per heavy atom. The third-order valence-electron chi connectivity index (χ3n) is 2.59. The summed E-state index contributed by atoms with van der Waals surface area (Å²) in [5, 5.41) is 0.700. The Morgan fingerprint density at radius 2 is 2.25 bits per heavy atom. The zero-order valence-electron chi connectivity index (χ0n) is 9.15. The lowest BCUT2D eigenvalue weighted by Crippen LogP contribution is -1.99. The van der Waals surface area contributed by atoms with Gasteiger partial charge in [0.25, 0.3) is 0 Å². The molecule has 0 aliphatic heterocycles. The van der Waals surface area contributed by atoms with Gasteiger partial charge >= 0.3 is 0 Å². The summed E-state index contributed by atoms with van der Waals surface area (Å²) in [6.07, 6.45) is 3.75. The molecule has 1 heterocycles. The minimum absolute atomic E-state index is 0.460. The van der Waals surface area contributed by atoms with Crippen molar-refractivity contribution in [2.45, 2.75) is 20.0 Å². The predicted octanol–water partition coefficient (Wildman–Crippen LogP) is 2.68. The SMILES string of the molecule is CCn1ccnc1-c1ccc(CN)c(Cl)c1. The molecule has 0 saturated heterocycles. The van der Waals surface area contributed by atoms with Crippen LogP contribution in [0.4, 0.5) is 0 Å². The number of aromatic nitrogens is 2. The largest absolute Gasteiger partial charge is 0.331 e. The molecule has 0 unspecified atom stereocenters. The Labute approximate surface area is 99.9 Å². The third kappa shape index (κ3) is 1.96. The number of nitrogens with zero attached hydrogens (tertiary/aromatic N) is 2. The lowest BCUT2D eigenvalue weighted by atomic mass is 10.1. The normalized spacial score (nSPS) is 10.7. The van der Waals surface area contributed by atoms with E-state index in [0.717, 1.165) is 23.5 Å². The number of rotatable bonds is 3. The van der Waals surface area contributed by atoms with Gasteiger partial charge in [0.2, 0.25) is 0 Å². The van der Waals surface area contributed by atoms with Crippen molar-refractivity contribution in [2.75, 3.05) is 0 Å². The molecule has 0 atom stereocenters. The lowest BCUT2D eigenvalue weighted by Gasteiger charge is -2.07. The van der Waals surface area contributed by atoms with Gasteiger partial charge in [-0.3, -0.25) is 0 Å². The van der Waals surface area contributed by atoms with Crippen LogP contribution in [0.25, 0.3) is 11.4 Å². The number of hydrogen-bond donors (Lipinski definition) is 1. The molecule has 0 amide bonds. The van der Waals surface area contributed by atoms with Gasteiger partial charge in [-0.05, 0) is 18.6 Å². The van der Waals surface area contributed by atoms with E-state index in [1.54, 1.807) is 6.20 Å². The number of imidazole rings is 1. The van der Waals surface area contributed by atoms with Gasteiger partial charge in [0, 0.05) is 36.1 Å². The molecule has 0 spiro atoms. The van der Waals surface area contributed by atoms with Crippen LogP contribution in [0.2, 0.25) is 5.02 Å². The standard InChI is InChI=1S/C12H14ClN3/c1-2-16-6-5-15-12(16)9-3-4-10(8-14)11(13)7-9/h3-7H,2,8,14H2,1H3. The van der Waals surface area contributed by atoms with E-state index >= 15 is 0 Å². The minimum Gasteiger partial charge on any atom is -0.331 e. The van der Waals surface area contributed by atoms with Gasteiger partial charge in [0.1, 0.15) is 5.82 Å². The molecule has 0 bridgehead atoms. The smallest absolute Gasteiger partial charge is 0.139 e. The third-order valence-corrected chi connectivity index (χ3v) is 2.94. The van der Waals surface area contributed by atoms with Gasteiger partial charge in [0.05, 0.1) is 0 Å². The van der Waals surface area contributed by atoms with Crippen LogP contribution < -0.4 is 5.73 Å². The molecule has 4 heteroatoms. The first-order chi connectivity index (χ1) is 7.76. The van der Waals surface area contributed by atoms with E-state index in [2.05, 4.69) is 16.5 Å². The number of benzene rings is 1. The van der Waals surface area contributed by atoms with E-state index < -0.39 is 0 Å². The average molecular weight is 236 g/mol. The maximum atomic E-state index is 6.12. The fourth-order valence-electron chi connectivity index (χ4n) is 1.68.